The van der Waals surface area contributed by atoms with E-state index in [0.29, 0.717) is 31.2 Å². The molecule has 3 rings (SSSR count). The molecule has 0 aliphatic heterocycles. The van der Waals surface area contributed by atoms with Crippen LogP contribution in [0.3, 0.4) is 0 Å². The molecule has 0 saturated heterocycles. The molecular weight excluding hydrogens is 345 g/mol. The highest BCUT2D eigenvalue weighted by atomic mass is 19.1. The van der Waals surface area contributed by atoms with Crippen molar-refractivity contribution in [1.82, 2.24) is 15.1 Å². The number of carbonyl (C=O) groups is 1. The molecule has 0 aliphatic carbocycles. The van der Waals surface area contributed by atoms with Crippen molar-refractivity contribution in [2.24, 2.45) is 0 Å². The van der Waals surface area contributed by atoms with E-state index in [2.05, 4.69) is 22.3 Å². The van der Waals surface area contributed by atoms with Crippen LogP contribution in [0.5, 0.6) is 0 Å². The van der Waals surface area contributed by atoms with E-state index in [1.54, 1.807) is 24.1 Å². The van der Waals surface area contributed by atoms with E-state index in [1.807, 2.05) is 18.2 Å². The molecule has 0 bridgehead atoms. The molecule has 1 amide bonds. The van der Waals surface area contributed by atoms with Gasteiger partial charge in [0.15, 0.2) is 0 Å². The van der Waals surface area contributed by atoms with Crippen LogP contribution in [0.4, 0.5) is 4.39 Å². The van der Waals surface area contributed by atoms with Gasteiger partial charge in [0, 0.05) is 32.9 Å². The zero-order valence-electron chi connectivity index (χ0n) is 15.3. The third-order valence-corrected chi connectivity index (χ3v) is 4.29. The number of halogens is 1. The maximum absolute atomic E-state index is 12.9. The number of rotatable bonds is 8. The standard InChI is InChI=1S/C21H22FN3O2/c1-25(15-17-7-10-18(22)11-8-17)21(26)14-13-20-24-23-19(27-20)12-9-16-5-3-2-4-6-16/h2-8,10-11H,9,12-15H2,1H3. The highest BCUT2D eigenvalue weighted by Crippen LogP contribution is 2.10. The second-order valence-electron chi connectivity index (χ2n) is 6.45. The quantitative estimate of drug-likeness (QED) is 0.611. The average molecular weight is 367 g/mol. The maximum atomic E-state index is 12.9. The number of hydrogen-bond acceptors (Lipinski definition) is 4. The van der Waals surface area contributed by atoms with Crippen molar-refractivity contribution in [2.45, 2.75) is 32.2 Å². The van der Waals surface area contributed by atoms with Crippen LogP contribution in [0.1, 0.15) is 29.3 Å². The highest BCUT2D eigenvalue weighted by molar-refractivity contribution is 5.76. The Balaban J connectivity index is 1.44. The smallest absolute Gasteiger partial charge is 0.223 e. The molecule has 5 nitrogen and oxygen atoms in total. The van der Waals surface area contributed by atoms with Gasteiger partial charge in [0.2, 0.25) is 17.7 Å². The van der Waals surface area contributed by atoms with Gasteiger partial charge in [0.1, 0.15) is 5.82 Å². The molecule has 1 heterocycles. The molecule has 0 radical (unpaired) electrons. The summed E-state index contributed by atoms with van der Waals surface area (Å²) in [7, 11) is 1.73. The van der Waals surface area contributed by atoms with Gasteiger partial charge >= 0.3 is 0 Å². The van der Waals surface area contributed by atoms with Crippen molar-refractivity contribution in [2.75, 3.05) is 7.05 Å². The van der Waals surface area contributed by atoms with Crippen molar-refractivity contribution in [3.63, 3.8) is 0 Å². The summed E-state index contributed by atoms with van der Waals surface area (Å²) in [5.74, 6) is 0.748. The third-order valence-electron chi connectivity index (χ3n) is 4.29. The van der Waals surface area contributed by atoms with E-state index in [9.17, 15) is 9.18 Å². The second kappa shape index (κ2) is 9.07. The number of carbonyl (C=O) groups excluding carboxylic acids is 1. The van der Waals surface area contributed by atoms with Crippen LogP contribution in [-0.4, -0.2) is 28.1 Å². The van der Waals surface area contributed by atoms with Crippen LogP contribution < -0.4 is 0 Å². The van der Waals surface area contributed by atoms with Crippen molar-refractivity contribution in [3.05, 3.63) is 83.3 Å². The second-order valence-corrected chi connectivity index (χ2v) is 6.45. The monoisotopic (exact) mass is 367 g/mol. The number of nitrogens with zero attached hydrogens (tertiary/aromatic N) is 3. The van der Waals surface area contributed by atoms with E-state index >= 15 is 0 Å². The van der Waals surface area contributed by atoms with Gasteiger partial charge < -0.3 is 9.32 Å². The predicted octanol–water partition coefficient (Wildman–Crippen LogP) is 3.59. The first-order valence-corrected chi connectivity index (χ1v) is 8.94. The number of aromatic nitrogens is 2. The Morgan fingerprint density at radius 2 is 1.59 bits per heavy atom. The molecule has 2 aromatic carbocycles. The predicted molar refractivity (Wildman–Crippen MR) is 99.3 cm³/mol. The molecule has 0 N–H and O–H groups in total. The Kier molecular flexibility index (Phi) is 6.30. The maximum Gasteiger partial charge on any atom is 0.223 e. The topological polar surface area (TPSA) is 59.2 Å². The summed E-state index contributed by atoms with van der Waals surface area (Å²) in [6.45, 7) is 0.436. The summed E-state index contributed by atoms with van der Waals surface area (Å²) in [5, 5.41) is 8.08. The summed E-state index contributed by atoms with van der Waals surface area (Å²) in [6.07, 6.45) is 2.21. The number of hydrogen-bond donors (Lipinski definition) is 0. The van der Waals surface area contributed by atoms with E-state index in [4.69, 9.17) is 4.42 Å². The first-order valence-electron chi connectivity index (χ1n) is 8.94. The van der Waals surface area contributed by atoms with Crippen LogP contribution in [0.2, 0.25) is 0 Å². The molecule has 0 aliphatic rings. The summed E-state index contributed by atoms with van der Waals surface area (Å²) in [6, 6.07) is 16.3. The summed E-state index contributed by atoms with van der Waals surface area (Å²) >= 11 is 0. The normalized spacial score (nSPS) is 10.7. The van der Waals surface area contributed by atoms with E-state index in [1.165, 1.54) is 17.7 Å². The van der Waals surface area contributed by atoms with Crippen molar-refractivity contribution in [3.8, 4) is 0 Å². The Morgan fingerprint density at radius 1 is 0.926 bits per heavy atom. The van der Waals surface area contributed by atoms with Crippen LogP contribution in [0, 0.1) is 5.82 Å². The zero-order chi connectivity index (χ0) is 19.1. The van der Waals surface area contributed by atoms with Crippen LogP contribution >= 0.6 is 0 Å². The minimum atomic E-state index is -0.285. The largest absolute Gasteiger partial charge is 0.425 e. The lowest BCUT2D eigenvalue weighted by atomic mass is 10.1. The molecule has 0 spiro atoms. The van der Waals surface area contributed by atoms with E-state index in [-0.39, 0.29) is 18.1 Å². The number of amides is 1. The first-order chi connectivity index (χ1) is 13.1. The number of benzene rings is 2. The molecule has 0 fully saturated rings. The Labute approximate surface area is 157 Å². The molecule has 140 valence electrons. The van der Waals surface area contributed by atoms with Crippen molar-refractivity contribution < 1.29 is 13.6 Å². The lowest BCUT2D eigenvalue weighted by Gasteiger charge is -2.16. The zero-order valence-corrected chi connectivity index (χ0v) is 15.3. The molecule has 0 unspecified atom stereocenters. The van der Waals surface area contributed by atoms with Crippen molar-refractivity contribution in [1.29, 1.82) is 0 Å². The Hall–Kier alpha value is -3.02. The van der Waals surface area contributed by atoms with Crippen LogP contribution in [0.25, 0.3) is 0 Å². The van der Waals surface area contributed by atoms with Gasteiger partial charge in [0.05, 0.1) is 0 Å². The number of aryl methyl sites for hydroxylation is 3. The molecule has 0 atom stereocenters. The van der Waals surface area contributed by atoms with Crippen molar-refractivity contribution >= 4 is 5.91 Å². The van der Waals surface area contributed by atoms with Gasteiger partial charge in [-0.3, -0.25) is 4.79 Å². The molecule has 6 heteroatoms. The fourth-order valence-electron chi connectivity index (χ4n) is 2.74. The Bertz CT molecular complexity index is 863. The summed E-state index contributed by atoms with van der Waals surface area (Å²) in [5.41, 5.74) is 2.10. The molecular formula is C21H22FN3O2. The third kappa shape index (κ3) is 5.74. The minimum absolute atomic E-state index is 0.0247. The van der Waals surface area contributed by atoms with Gasteiger partial charge in [-0.2, -0.15) is 0 Å². The SMILES string of the molecule is CN(Cc1ccc(F)cc1)C(=O)CCc1nnc(CCc2ccccc2)o1. The fourth-order valence-corrected chi connectivity index (χ4v) is 2.74. The summed E-state index contributed by atoms with van der Waals surface area (Å²) < 4.78 is 18.6. The van der Waals surface area contributed by atoms with Gasteiger partial charge in [-0.05, 0) is 29.7 Å². The molecule has 3 aromatic rings. The average Bonchev–Trinajstić information content (AvgIpc) is 3.15. The molecule has 1 aromatic heterocycles. The van der Waals surface area contributed by atoms with Gasteiger partial charge in [-0.1, -0.05) is 42.5 Å². The van der Waals surface area contributed by atoms with E-state index < -0.39 is 0 Å². The Morgan fingerprint density at radius 3 is 2.30 bits per heavy atom. The molecule has 0 saturated carbocycles. The van der Waals surface area contributed by atoms with Gasteiger partial charge in [-0.25, -0.2) is 4.39 Å². The lowest BCUT2D eigenvalue weighted by Crippen LogP contribution is -2.26. The lowest BCUT2D eigenvalue weighted by molar-refractivity contribution is -0.130. The highest BCUT2D eigenvalue weighted by Gasteiger charge is 2.13. The van der Waals surface area contributed by atoms with Gasteiger partial charge in [-0.15, -0.1) is 10.2 Å². The van der Waals surface area contributed by atoms with Crippen LogP contribution in [-0.2, 0) is 30.6 Å². The minimum Gasteiger partial charge on any atom is -0.425 e. The first kappa shape index (κ1) is 18.8. The van der Waals surface area contributed by atoms with Gasteiger partial charge in [0.25, 0.3) is 0 Å². The van der Waals surface area contributed by atoms with E-state index in [0.717, 1.165) is 12.0 Å². The fraction of sp³-hybridized carbons (Fsp3) is 0.286. The van der Waals surface area contributed by atoms with Crippen LogP contribution in [0.15, 0.2) is 59.0 Å². The molecule has 27 heavy (non-hydrogen) atoms. The summed E-state index contributed by atoms with van der Waals surface area (Å²) in [4.78, 5) is 13.9.